The zero-order valence-electron chi connectivity index (χ0n) is 17.3. The van der Waals surface area contributed by atoms with Gasteiger partial charge in [-0.25, -0.2) is 9.78 Å². The summed E-state index contributed by atoms with van der Waals surface area (Å²) in [5, 5.41) is 23.5. The number of rotatable bonds is 10. The van der Waals surface area contributed by atoms with Crippen molar-refractivity contribution in [3.63, 3.8) is 0 Å². The predicted molar refractivity (Wildman–Crippen MR) is 120 cm³/mol. The summed E-state index contributed by atoms with van der Waals surface area (Å²) in [6, 6.07) is 5.68. The number of aryl methyl sites for hydroxylation is 1. The number of carboxylic acid groups (broad SMARTS) is 2. The van der Waals surface area contributed by atoms with Crippen LogP contribution < -0.4 is 16.4 Å². The monoisotopic (exact) mass is 459 g/mol. The maximum atomic E-state index is 12.3. The number of aliphatic carboxylic acids is 2. The molecule has 10 nitrogen and oxygen atoms in total. The summed E-state index contributed by atoms with van der Waals surface area (Å²) in [7, 11) is 0. The Hall–Kier alpha value is -3.47. The lowest BCUT2D eigenvalue weighted by atomic mass is 9.96. The molecule has 1 aromatic heterocycles. The molecule has 2 aromatic rings. The number of fused-ring (bicyclic) bond motifs is 1. The summed E-state index contributed by atoms with van der Waals surface area (Å²) < 4.78 is 0.518. The number of aromatic amines is 1. The van der Waals surface area contributed by atoms with Crippen molar-refractivity contribution in [2.24, 2.45) is 0 Å². The van der Waals surface area contributed by atoms with Gasteiger partial charge >= 0.3 is 11.9 Å². The van der Waals surface area contributed by atoms with Gasteiger partial charge in [-0.05, 0) is 43.4 Å². The molecule has 1 aliphatic rings. The highest BCUT2D eigenvalue weighted by Crippen LogP contribution is 2.34. The Kier molecular flexibility index (Phi) is 7.41. The first-order chi connectivity index (χ1) is 15.2. The summed E-state index contributed by atoms with van der Waals surface area (Å²) in [5.74, 6) is -1.55. The number of nitrogens with one attached hydrogen (secondary N) is 3. The van der Waals surface area contributed by atoms with Gasteiger partial charge in [-0.15, -0.1) is 0 Å². The molecule has 0 saturated carbocycles. The van der Waals surface area contributed by atoms with E-state index in [2.05, 4.69) is 20.6 Å². The SMILES string of the molecule is Nc1nc(=S)c2c([nH]1)NCC2CCCc1ccc(C(=O)N[C@@H](CCC(=O)O)C(=O)O)cc1. The van der Waals surface area contributed by atoms with Crippen LogP contribution in [0, 0.1) is 4.64 Å². The summed E-state index contributed by atoms with van der Waals surface area (Å²) in [6.45, 7) is 0.770. The minimum absolute atomic E-state index is 0.181. The molecule has 0 fully saturated rings. The molecule has 0 bridgehead atoms. The number of amides is 1. The number of carbonyl (C=O) groups is 3. The number of benzene rings is 1. The van der Waals surface area contributed by atoms with Crippen LogP contribution in [0.4, 0.5) is 11.8 Å². The van der Waals surface area contributed by atoms with E-state index in [1.165, 1.54) is 0 Å². The second-order valence-electron chi connectivity index (χ2n) is 7.68. The van der Waals surface area contributed by atoms with E-state index in [9.17, 15) is 19.5 Å². The molecule has 1 aliphatic heterocycles. The van der Waals surface area contributed by atoms with Gasteiger partial charge in [-0.1, -0.05) is 24.4 Å². The summed E-state index contributed by atoms with van der Waals surface area (Å²) >= 11 is 5.35. The number of carboxylic acids is 2. The van der Waals surface area contributed by atoms with Crippen LogP contribution in [0.25, 0.3) is 0 Å². The molecular weight excluding hydrogens is 434 g/mol. The lowest BCUT2D eigenvalue weighted by Crippen LogP contribution is -2.41. The fraction of sp³-hybridized carbons (Fsp3) is 0.381. The molecule has 1 aromatic carbocycles. The molecule has 2 heterocycles. The van der Waals surface area contributed by atoms with Crippen molar-refractivity contribution in [1.29, 1.82) is 0 Å². The molecule has 32 heavy (non-hydrogen) atoms. The van der Waals surface area contributed by atoms with E-state index in [1.807, 2.05) is 12.1 Å². The van der Waals surface area contributed by atoms with Gasteiger partial charge in [0.05, 0.1) is 0 Å². The van der Waals surface area contributed by atoms with Crippen molar-refractivity contribution in [3.05, 3.63) is 45.6 Å². The van der Waals surface area contributed by atoms with Crippen LogP contribution in [0.1, 0.15) is 53.1 Å². The molecule has 7 N–H and O–H groups in total. The lowest BCUT2D eigenvalue weighted by molar-refractivity contribution is -0.140. The van der Waals surface area contributed by atoms with E-state index < -0.39 is 23.9 Å². The van der Waals surface area contributed by atoms with Crippen molar-refractivity contribution < 1.29 is 24.6 Å². The Bertz CT molecular complexity index is 1070. The molecule has 11 heteroatoms. The number of anilines is 2. The van der Waals surface area contributed by atoms with E-state index in [0.717, 1.165) is 42.8 Å². The maximum absolute atomic E-state index is 12.3. The molecule has 1 unspecified atom stereocenters. The fourth-order valence-electron chi connectivity index (χ4n) is 3.73. The van der Waals surface area contributed by atoms with Gasteiger partial charge in [0.1, 0.15) is 16.5 Å². The minimum atomic E-state index is -1.27. The fourth-order valence-corrected chi connectivity index (χ4v) is 4.10. The first-order valence-corrected chi connectivity index (χ1v) is 10.6. The Morgan fingerprint density at radius 1 is 1.25 bits per heavy atom. The molecule has 170 valence electrons. The van der Waals surface area contributed by atoms with Gasteiger partial charge in [-0.3, -0.25) is 9.59 Å². The van der Waals surface area contributed by atoms with Crippen molar-refractivity contribution in [1.82, 2.24) is 15.3 Å². The van der Waals surface area contributed by atoms with Crippen LogP contribution in [-0.2, 0) is 16.0 Å². The molecular formula is C21H25N5O5S. The van der Waals surface area contributed by atoms with Crippen LogP contribution in [0.5, 0.6) is 0 Å². The molecule has 2 atom stereocenters. The van der Waals surface area contributed by atoms with E-state index >= 15 is 0 Å². The third-order valence-electron chi connectivity index (χ3n) is 5.39. The largest absolute Gasteiger partial charge is 0.481 e. The van der Waals surface area contributed by atoms with Crippen molar-refractivity contribution in [2.45, 2.75) is 44.1 Å². The van der Waals surface area contributed by atoms with Crippen LogP contribution in [0.15, 0.2) is 24.3 Å². The van der Waals surface area contributed by atoms with Crippen LogP contribution in [-0.4, -0.2) is 50.6 Å². The molecule has 1 amide bonds. The Morgan fingerprint density at radius 3 is 2.62 bits per heavy atom. The zero-order valence-corrected chi connectivity index (χ0v) is 18.1. The summed E-state index contributed by atoms with van der Waals surface area (Å²) in [6.07, 6.45) is 2.11. The number of nitrogens with two attached hydrogens (primary N) is 1. The summed E-state index contributed by atoms with van der Waals surface area (Å²) in [4.78, 5) is 41.4. The van der Waals surface area contributed by atoms with E-state index in [0.29, 0.717) is 16.2 Å². The number of H-pyrrole nitrogens is 1. The highest BCUT2D eigenvalue weighted by molar-refractivity contribution is 7.71. The average molecular weight is 460 g/mol. The standard InChI is InChI=1S/C21H25N5O5S/c22-21-25-17-16(19(32)26-21)13(10-23-17)3-1-2-11-4-6-12(7-5-11)18(29)24-14(20(30)31)8-9-15(27)28/h4-7,13-14H,1-3,8-10H2,(H,24,29)(H,27,28)(H,30,31)(H4,22,23,25,26,32)/t13?,14-/m0/s1. The molecule has 0 spiro atoms. The quantitative estimate of drug-likeness (QED) is 0.292. The van der Waals surface area contributed by atoms with Crippen LogP contribution in [0.3, 0.4) is 0 Å². The molecule has 0 radical (unpaired) electrons. The second-order valence-corrected chi connectivity index (χ2v) is 8.07. The normalized spacial score (nSPS) is 15.4. The number of hydrogen-bond donors (Lipinski definition) is 6. The number of carbonyl (C=O) groups excluding carboxylic acids is 1. The van der Waals surface area contributed by atoms with Gasteiger partial charge in [0.15, 0.2) is 5.95 Å². The van der Waals surface area contributed by atoms with Gasteiger partial charge < -0.3 is 31.6 Å². The topological polar surface area (TPSA) is 170 Å². The van der Waals surface area contributed by atoms with E-state index in [-0.39, 0.29) is 18.8 Å². The number of nitrogen functional groups attached to an aromatic ring is 1. The van der Waals surface area contributed by atoms with Crippen LogP contribution >= 0.6 is 12.2 Å². The van der Waals surface area contributed by atoms with Gasteiger partial charge in [0.25, 0.3) is 5.91 Å². The number of nitrogens with zero attached hydrogens (tertiary/aromatic N) is 1. The van der Waals surface area contributed by atoms with Crippen LogP contribution in [0.2, 0.25) is 0 Å². The van der Waals surface area contributed by atoms with E-state index in [4.69, 9.17) is 23.1 Å². The third-order valence-corrected chi connectivity index (χ3v) is 5.70. The lowest BCUT2D eigenvalue weighted by Gasteiger charge is -2.14. The molecule has 0 saturated heterocycles. The number of hydrogen-bond acceptors (Lipinski definition) is 7. The Morgan fingerprint density at radius 2 is 1.97 bits per heavy atom. The molecule has 0 aliphatic carbocycles. The predicted octanol–water partition coefficient (Wildman–Crippen LogP) is 2.30. The smallest absolute Gasteiger partial charge is 0.326 e. The van der Waals surface area contributed by atoms with E-state index in [1.54, 1.807) is 12.1 Å². The molecule has 3 rings (SSSR count). The Balaban J connectivity index is 1.52. The van der Waals surface area contributed by atoms with Crippen molar-refractivity contribution >= 4 is 41.8 Å². The summed E-state index contributed by atoms with van der Waals surface area (Å²) in [5.41, 5.74) is 8.07. The van der Waals surface area contributed by atoms with Crippen molar-refractivity contribution in [2.75, 3.05) is 17.6 Å². The first-order valence-electron chi connectivity index (χ1n) is 10.2. The maximum Gasteiger partial charge on any atom is 0.326 e. The van der Waals surface area contributed by atoms with Gasteiger partial charge in [-0.2, -0.15) is 0 Å². The highest BCUT2D eigenvalue weighted by Gasteiger charge is 2.25. The number of aromatic nitrogens is 2. The first kappa shape index (κ1) is 23.2. The average Bonchev–Trinajstić information content (AvgIpc) is 3.14. The van der Waals surface area contributed by atoms with Crippen molar-refractivity contribution in [3.8, 4) is 0 Å². The minimum Gasteiger partial charge on any atom is -0.481 e. The zero-order chi connectivity index (χ0) is 23.3. The van der Waals surface area contributed by atoms with Gasteiger partial charge in [0, 0.05) is 30.0 Å². The highest BCUT2D eigenvalue weighted by atomic mass is 32.1. The third kappa shape index (κ3) is 5.82. The van der Waals surface area contributed by atoms with Gasteiger partial charge in [0.2, 0.25) is 0 Å². The second kappa shape index (κ2) is 10.2. The Labute approximate surface area is 189 Å².